The molecule has 0 aliphatic carbocycles. The lowest BCUT2D eigenvalue weighted by molar-refractivity contribution is 0.480. The van der Waals surface area contributed by atoms with Crippen molar-refractivity contribution in [1.29, 1.82) is 0 Å². The van der Waals surface area contributed by atoms with Gasteiger partial charge >= 0.3 is 0 Å². The molecule has 0 bridgehead atoms. The van der Waals surface area contributed by atoms with Crippen LogP contribution in [0.4, 0.5) is 11.5 Å². The summed E-state index contributed by atoms with van der Waals surface area (Å²) < 4.78 is 0. The summed E-state index contributed by atoms with van der Waals surface area (Å²) in [6, 6.07) is 15.0. The number of aromatic nitrogens is 3. The Morgan fingerprint density at radius 2 is 1.83 bits per heavy atom. The van der Waals surface area contributed by atoms with Crippen molar-refractivity contribution in [1.82, 2.24) is 15.2 Å². The van der Waals surface area contributed by atoms with Crippen LogP contribution in [0.3, 0.4) is 0 Å². The summed E-state index contributed by atoms with van der Waals surface area (Å²) in [5, 5.41) is 9.45. The molecule has 1 saturated heterocycles. The van der Waals surface area contributed by atoms with Gasteiger partial charge in [0.05, 0.1) is 5.52 Å². The Kier molecular flexibility index (Phi) is 3.99. The number of rotatable bonds is 3. The molecule has 1 aliphatic rings. The van der Waals surface area contributed by atoms with Gasteiger partial charge in [-0.05, 0) is 37.1 Å². The average Bonchev–Trinajstić information content (AvgIpc) is 2.68. The Morgan fingerprint density at radius 1 is 1.00 bits per heavy atom. The standard InChI is InChI=1S/C19H21N5/c1-23(19-7-4-11-21-22-19)15-9-13-24(14-10-15)18-8-12-20-17-6-3-2-5-16(17)18/h2-8,11-12,15H,9-10,13-14H2,1H3. The van der Waals surface area contributed by atoms with E-state index in [9.17, 15) is 0 Å². The van der Waals surface area contributed by atoms with Gasteiger partial charge in [0.15, 0.2) is 5.82 Å². The van der Waals surface area contributed by atoms with Gasteiger partial charge < -0.3 is 9.80 Å². The van der Waals surface area contributed by atoms with Gasteiger partial charge in [-0.2, -0.15) is 5.10 Å². The van der Waals surface area contributed by atoms with Crippen LogP contribution >= 0.6 is 0 Å². The van der Waals surface area contributed by atoms with E-state index in [4.69, 9.17) is 0 Å². The second-order valence-electron chi connectivity index (χ2n) is 6.26. The van der Waals surface area contributed by atoms with Gasteiger partial charge in [0.1, 0.15) is 0 Å². The van der Waals surface area contributed by atoms with Crippen LogP contribution < -0.4 is 9.80 Å². The highest BCUT2D eigenvalue weighted by molar-refractivity contribution is 5.91. The van der Waals surface area contributed by atoms with Crippen LogP contribution in [0.5, 0.6) is 0 Å². The normalized spacial score (nSPS) is 15.6. The van der Waals surface area contributed by atoms with E-state index in [-0.39, 0.29) is 0 Å². The van der Waals surface area contributed by atoms with Crippen molar-refractivity contribution in [3.63, 3.8) is 0 Å². The van der Waals surface area contributed by atoms with Crippen LogP contribution in [0.25, 0.3) is 10.9 Å². The number of pyridine rings is 1. The first kappa shape index (κ1) is 14.9. The second kappa shape index (κ2) is 6.43. The largest absolute Gasteiger partial charge is 0.371 e. The number of para-hydroxylation sites is 1. The fourth-order valence-electron chi connectivity index (χ4n) is 3.52. The maximum absolute atomic E-state index is 4.47. The number of benzene rings is 1. The predicted molar refractivity (Wildman–Crippen MR) is 97.4 cm³/mol. The molecule has 5 heteroatoms. The predicted octanol–water partition coefficient (Wildman–Crippen LogP) is 3.13. The number of nitrogens with zero attached hydrogens (tertiary/aromatic N) is 5. The second-order valence-corrected chi connectivity index (χ2v) is 6.26. The van der Waals surface area contributed by atoms with E-state index in [1.807, 2.05) is 24.4 Å². The molecule has 24 heavy (non-hydrogen) atoms. The minimum absolute atomic E-state index is 0.506. The molecule has 1 fully saturated rings. The Labute approximate surface area is 142 Å². The van der Waals surface area contributed by atoms with Crippen molar-refractivity contribution in [3.05, 3.63) is 54.9 Å². The summed E-state index contributed by atoms with van der Waals surface area (Å²) in [5.74, 6) is 0.949. The summed E-state index contributed by atoms with van der Waals surface area (Å²) in [7, 11) is 2.12. The van der Waals surface area contributed by atoms with Gasteiger partial charge in [-0.15, -0.1) is 5.10 Å². The molecule has 2 aromatic heterocycles. The van der Waals surface area contributed by atoms with Gasteiger partial charge in [-0.1, -0.05) is 18.2 Å². The van der Waals surface area contributed by atoms with Crippen molar-refractivity contribution < 1.29 is 0 Å². The van der Waals surface area contributed by atoms with E-state index in [1.54, 1.807) is 6.20 Å². The molecule has 0 saturated carbocycles. The molecular formula is C19H21N5. The fraction of sp³-hybridized carbons (Fsp3) is 0.316. The molecule has 4 rings (SSSR count). The first-order valence-electron chi connectivity index (χ1n) is 8.42. The lowest BCUT2D eigenvalue weighted by atomic mass is 10.0. The molecular weight excluding hydrogens is 298 g/mol. The molecule has 0 amide bonds. The maximum atomic E-state index is 4.47. The Hall–Kier alpha value is -2.69. The third kappa shape index (κ3) is 2.77. The van der Waals surface area contributed by atoms with Crippen molar-refractivity contribution in [2.75, 3.05) is 29.9 Å². The average molecular weight is 319 g/mol. The van der Waals surface area contributed by atoms with E-state index in [2.05, 4.69) is 56.3 Å². The third-order valence-corrected chi connectivity index (χ3v) is 4.90. The van der Waals surface area contributed by atoms with Crippen molar-refractivity contribution in [2.24, 2.45) is 0 Å². The van der Waals surface area contributed by atoms with Gasteiger partial charge in [-0.25, -0.2) is 0 Å². The first-order chi connectivity index (χ1) is 11.8. The zero-order valence-electron chi connectivity index (χ0n) is 13.8. The van der Waals surface area contributed by atoms with Crippen molar-refractivity contribution in [3.8, 4) is 0 Å². The van der Waals surface area contributed by atoms with E-state index in [0.717, 1.165) is 37.3 Å². The van der Waals surface area contributed by atoms with E-state index >= 15 is 0 Å². The highest BCUT2D eigenvalue weighted by Gasteiger charge is 2.24. The summed E-state index contributed by atoms with van der Waals surface area (Å²) in [6.07, 6.45) is 5.86. The van der Waals surface area contributed by atoms with Crippen LogP contribution in [0.2, 0.25) is 0 Å². The Morgan fingerprint density at radius 3 is 2.62 bits per heavy atom. The number of anilines is 2. The van der Waals surface area contributed by atoms with Crippen LogP contribution in [0.1, 0.15) is 12.8 Å². The molecule has 3 aromatic rings. The Bertz CT molecular complexity index is 807. The lowest BCUT2D eigenvalue weighted by Gasteiger charge is -2.38. The van der Waals surface area contributed by atoms with Gasteiger partial charge in [0.2, 0.25) is 0 Å². The molecule has 1 aromatic carbocycles. The summed E-state index contributed by atoms with van der Waals surface area (Å²) >= 11 is 0. The van der Waals surface area contributed by atoms with Gasteiger partial charge in [-0.3, -0.25) is 4.98 Å². The van der Waals surface area contributed by atoms with Crippen molar-refractivity contribution in [2.45, 2.75) is 18.9 Å². The maximum Gasteiger partial charge on any atom is 0.151 e. The zero-order chi connectivity index (χ0) is 16.4. The number of fused-ring (bicyclic) bond motifs is 1. The van der Waals surface area contributed by atoms with Crippen LogP contribution in [-0.4, -0.2) is 41.4 Å². The molecule has 0 spiro atoms. The van der Waals surface area contributed by atoms with Gasteiger partial charge in [0, 0.05) is 49.6 Å². The molecule has 1 aliphatic heterocycles. The SMILES string of the molecule is CN(c1cccnn1)C1CCN(c2ccnc3ccccc23)CC1. The zero-order valence-corrected chi connectivity index (χ0v) is 13.8. The summed E-state index contributed by atoms with van der Waals surface area (Å²) in [4.78, 5) is 9.21. The highest BCUT2D eigenvalue weighted by Crippen LogP contribution is 2.29. The Balaban J connectivity index is 1.50. The first-order valence-corrected chi connectivity index (χ1v) is 8.42. The van der Waals surface area contributed by atoms with E-state index in [0.29, 0.717) is 6.04 Å². The topological polar surface area (TPSA) is 45.2 Å². The van der Waals surface area contributed by atoms with Crippen molar-refractivity contribution >= 4 is 22.4 Å². The van der Waals surface area contributed by atoms with Crippen LogP contribution in [0.15, 0.2) is 54.9 Å². The van der Waals surface area contributed by atoms with Crippen LogP contribution in [-0.2, 0) is 0 Å². The quantitative estimate of drug-likeness (QED) is 0.742. The highest BCUT2D eigenvalue weighted by atomic mass is 15.3. The minimum atomic E-state index is 0.506. The molecule has 0 atom stereocenters. The third-order valence-electron chi connectivity index (χ3n) is 4.90. The smallest absolute Gasteiger partial charge is 0.151 e. The monoisotopic (exact) mass is 319 g/mol. The summed E-state index contributed by atoms with van der Waals surface area (Å²) in [5.41, 5.74) is 2.36. The molecule has 5 nitrogen and oxygen atoms in total. The minimum Gasteiger partial charge on any atom is -0.371 e. The number of hydrogen-bond donors (Lipinski definition) is 0. The number of piperidine rings is 1. The van der Waals surface area contributed by atoms with Crippen LogP contribution in [0, 0.1) is 0 Å². The number of hydrogen-bond acceptors (Lipinski definition) is 5. The summed E-state index contributed by atoms with van der Waals surface area (Å²) in [6.45, 7) is 2.09. The fourth-order valence-corrected chi connectivity index (χ4v) is 3.52. The lowest BCUT2D eigenvalue weighted by Crippen LogP contribution is -2.44. The molecule has 0 unspecified atom stereocenters. The molecule has 0 radical (unpaired) electrons. The van der Waals surface area contributed by atoms with E-state index in [1.165, 1.54) is 11.1 Å². The molecule has 0 N–H and O–H groups in total. The van der Waals surface area contributed by atoms with E-state index < -0.39 is 0 Å². The molecule has 3 heterocycles. The molecule has 122 valence electrons. The van der Waals surface area contributed by atoms with Gasteiger partial charge in [0.25, 0.3) is 0 Å².